The molecule has 0 aromatic heterocycles. The fourth-order valence-corrected chi connectivity index (χ4v) is 4.41. The summed E-state index contributed by atoms with van der Waals surface area (Å²) in [6.45, 7) is 5.86. The molecule has 2 aromatic carbocycles. The summed E-state index contributed by atoms with van der Waals surface area (Å²) >= 11 is 3.34. The largest absolute Gasteiger partial charge is 0.495 e. The number of sulfonamides is 1. The number of halogens is 1. The van der Waals surface area contributed by atoms with Gasteiger partial charge in [0.1, 0.15) is 11.5 Å². The highest BCUT2D eigenvalue weighted by Gasteiger charge is 2.24. The molecule has 0 aliphatic carbocycles. The van der Waals surface area contributed by atoms with Crippen molar-refractivity contribution in [3.63, 3.8) is 0 Å². The van der Waals surface area contributed by atoms with Crippen molar-refractivity contribution in [2.45, 2.75) is 31.8 Å². The highest BCUT2D eigenvalue weighted by Crippen LogP contribution is 2.29. The minimum atomic E-state index is -3.67. The van der Waals surface area contributed by atoms with Gasteiger partial charge in [0.05, 0.1) is 17.7 Å². The van der Waals surface area contributed by atoms with E-state index < -0.39 is 22.0 Å². The van der Waals surface area contributed by atoms with Crippen molar-refractivity contribution in [2.24, 2.45) is 0 Å². The van der Waals surface area contributed by atoms with Gasteiger partial charge in [0.25, 0.3) is 5.91 Å². The van der Waals surface area contributed by atoms with Crippen LogP contribution in [0.25, 0.3) is 0 Å². The van der Waals surface area contributed by atoms with E-state index in [1.165, 1.54) is 29.6 Å². The molecule has 0 saturated heterocycles. The number of anilines is 1. The van der Waals surface area contributed by atoms with E-state index in [0.717, 1.165) is 4.47 Å². The van der Waals surface area contributed by atoms with Crippen molar-refractivity contribution in [2.75, 3.05) is 25.5 Å². The summed E-state index contributed by atoms with van der Waals surface area (Å²) in [6.07, 6.45) is -0.802. The molecule has 0 bridgehead atoms. The van der Waals surface area contributed by atoms with E-state index in [2.05, 4.69) is 21.2 Å². The Morgan fingerprint density at radius 3 is 2.31 bits per heavy atom. The number of carbonyl (C=O) groups is 1. The number of methoxy groups -OCH3 is 1. The summed E-state index contributed by atoms with van der Waals surface area (Å²) < 4.78 is 38.7. The Morgan fingerprint density at radius 1 is 1.14 bits per heavy atom. The fourth-order valence-electron chi connectivity index (χ4n) is 2.66. The topological polar surface area (TPSA) is 84.9 Å². The molecular weight excluding hydrogens is 460 g/mol. The standard InChI is InChI=1S/C20H25BrN2O5S/c1-5-23(6-2)29(25,26)17-11-12-19(27-4)18(13-17)22-20(24)14(3)28-16-9-7-15(21)8-10-16/h7-14H,5-6H2,1-4H3,(H,22,24). The van der Waals surface area contributed by atoms with E-state index in [4.69, 9.17) is 9.47 Å². The lowest BCUT2D eigenvalue weighted by Crippen LogP contribution is -2.31. The number of carbonyl (C=O) groups excluding carboxylic acids is 1. The monoisotopic (exact) mass is 484 g/mol. The van der Waals surface area contributed by atoms with Crippen LogP contribution in [0.1, 0.15) is 20.8 Å². The van der Waals surface area contributed by atoms with Gasteiger partial charge in [0.15, 0.2) is 6.10 Å². The van der Waals surface area contributed by atoms with Crippen LogP contribution in [0, 0.1) is 0 Å². The SMILES string of the molecule is CCN(CC)S(=O)(=O)c1ccc(OC)c(NC(=O)C(C)Oc2ccc(Br)cc2)c1. The molecular formula is C20H25BrN2O5S. The van der Waals surface area contributed by atoms with Crippen LogP contribution < -0.4 is 14.8 Å². The van der Waals surface area contributed by atoms with E-state index >= 15 is 0 Å². The Morgan fingerprint density at radius 2 is 1.76 bits per heavy atom. The van der Waals surface area contributed by atoms with E-state index in [-0.39, 0.29) is 10.6 Å². The Hall–Kier alpha value is -2.10. The van der Waals surface area contributed by atoms with Crippen LogP contribution in [0.2, 0.25) is 0 Å². The third-order valence-corrected chi connectivity index (χ3v) is 6.84. The summed E-state index contributed by atoms with van der Waals surface area (Å²) in [4.78, 5) is 12.7. The zero-order valence-corrected chi connectivity index (χ0v) is 19.2. The van der Waals surface area contributed by atoms with Crippen molar-refractivity contribution >= 4 is 37.5 Å². The number of hydrogen-bond acceptors (Lipinski definition) is 5. The molecule has 1 N–H and O–H groups in total. The maximum atomic E-state index is 12.8. The van der Waals surface area contributed by atoms with Gasteiger partial charge in [0, 0.05) is 17.6 Å². The van der Waals surface area contributed by atoms with Gasteiger partial charge in [-0.25, -0.2) is 8.42 Å². The smallest absolute Gasteiger partial charge is 0.265 e. The maximum Gasteiger partial charge on any atom is 0.265 e. The molecule has 1 amide bonds. The van der Waals surface area contributed by atoms with Crippen LogP contribution in [0.5, 0.6) is 11.5 Å². The third-order valence-electron chi connectivity index (χ3n) is 4.27. The van der Waals surface area contributed by atoms with Crippen molar-refractivity contribution in [1.29, 1.82) is 0 Å². The normalized spacial score (nSPS) is 12.5. The summed E-state index contributed by atoms with van der Waals surface area (Å²) in [7, 11) is -2.22. The van der Waals surface area contributed by atoms with Crippen molar-refractivity contribution in [3.8, 4) is 11.5 Å². The van der Waals surface area contributed by atoms with Crippen LogP contribution in [0.4, 0.5) is 5.69 Å². The maximum absolute atomic E-state index is 12.8. The molecule has 0 aliphatic heterocycles. The molecule has 7 nitrogen and oxygen atoms in total. The zero-order chi connectivity index (χ0) is 21.6. The first-order chi connectivity index (χ1) is 13.7. The summed E-state index contributed by atoms with van der Waals surface area (Å²) in [6, 6.07) is 11.5. The number of rotatable bonds is 9. The van der Waals surface area contributed by atoms with Crippen LogP contribution in [-0.4, -0.2) is 44.9 Å². The average Bonchev–Trinajstić information content (AvgIpc) is 2.70. The van der Waals surface area contributed by atoms with Crippen LogP contribution in [-0.2, 0) is 14.8 Å². The van der Waals surface area contributed by atoms with E-state index in [0.29, 0.717) is 24.6 Å². The van der Waals surface area contributed by atoms with Crippen LogP contribution in [0.15, 0.2) is 51.8 Å². The molecule has 158 valence electrons. The second-order valence-electron chi connectivity index (χ2n) is 6.15. The highest BCUT2D eigenvalue weighted by atomic mass is 79.9. The van der Waals surface area contributed by atoms with Gasteiger partial charge in [-0.05, 0) is 49.4 Å². The number of benzene rings is 2. The van der Waals surface area contributed by atoms with E-state index in [9.17, 15) is 13.2 Å². The Kier molecular flexibility index (Phi) is 8.06. The molecule has 1 unspecified atom stereocenters. The first-order valence-corrected chi connectivity index (χ1v) is 11.4. The minimum Gasteiger partial charge on any atom is -0.495 e. The van der Waals surface area contributed by atoms with E-state index in [1.54, 1.807) is 32.9 Å². The van der Waals surface area contributed by atoms with Gasteiger partial charge in [-0.3, -0.25) is 4.79 Å². The van der Waals surface area contributed by atoms with Gasteiger partial charge >= 0.3 is 0 Å². The first kappa shape index (κ1) is 23.2. The number of ether oxygens (including phenoxy) is 2. The van der Waals surface area contributed by atoms with E-state index in [1.807, 2.05) is 12.1 Å². The van der Waals surface area contributed by atoms with Gasteiger partial charge in [-0.1, -0.05) is 29.8 Å². The Bertz CT molecular complexity index is 944. The Balaban J connectivity index is 2.24. The van der Waals surface area contributed by atoms with Crippen molar-refractivity contribution in [3.05, 3.63) is 46.9 Å². The molecule has 9 heteroatoms. The Labute approximate surface area is 180 Å². The molecule has 0 radical (unpaired) electrons. The molecule has 1 atom stereocenters. The molecule has 0 saturated carbocycles. The van der Waals surface area contributed by atoms with Gasteiger partial charge < -0.3 is 14.8 Å². The van der Waals surface area contributed by atoms with Crippen molar-refractivity contribution in [1.82, 2.24) is 4.31 Å². The predicted octanol–water partition coefficient (Wildman–Crippen LogP) is 3.89. The molecule has 0 aliphatic rings. The predicted molar refractivity (Wildman–Crippen MR) is 116 cm³/mol. The number of nitrogens with one attached hydrogen (secondary N) is 1. The fraction of sp³-hybridized carbons (Fsp3) is 0.350. The molecule has 0 fully saturated rings. The second-order valence-corrected chi connectivity index (χ2v) is 9.01. The molecule has 2 rings (SSSR count). The van der Waals surface area contributed by atoms with Gasteiger partial charge in [-0.15, -0.1) is 0 Å². The first-order valence-electron chi connectivity index (χ1n) is 9.14. The minimum absolute atomic E-state index is 0.0822. The summed E-state index contributed by atoms with van der Waals surface area (Å²) in [5, 5.41) is 2.70. The lowest BCUT2D eigenvalue weighted by molar-refractivity contribution is -0.122. The third kappa shape index (κ3) is 5.71. The highest BCUT2D eigenvalue weighted by molar-refractivity contribution is 9.10. The van der Waals surface area contributed by atoms with Gasteiger partial charge in [0.2, 0.25) is 10.0 Å². The number of amides is 1. The summed E-state index contributed by atoms with van der Waals surface area (Å²) in [5.74, 6) is 0.469. The molecule has 0 heterocycles. The zero-order valence-electron chi connectivity index (χ0n) is 16.8. The van der Waals surface area contributed by atoms with Gasteiger partial charge in [-0.2, -0.15) is 4.31 Å². The van der Waals surface area contributed by atoms with Crippen LogP contribution in [0.3, 0.4) is 0 Å². The molecule has 0 spiro atoms. The van der Waals surface area contributed by atoms with Crippen LogP contribution >= 0.6 is 15.9 Å². The number of hydrogen-bond donors (Lipinski definition) is 1. The average molecular weight is 485 g/mol. The lowest BCUT2D eigenvalue weighted by atomic mass is 10.2. The van der Waals surface area contributed by atoms with Crippen molar-refractivity contribution < 1.29 is 22.7 Å². The molecule has 2 aromatic rings. The second kappa shape index (κ2) is 10.1. The summed E-state index contributed by atoms with van der Waals surface area (Å²) in [5.41, 5.74) is 0.261. The molecule has 29 heavy (non-hydrogen) atoms. The lowest BCUT2D eigenvalue weighted by Gasteiger charge is -2.20. The number of nitrogens with zero attached hydrogens (tertiary/aromatic N) is 1. The quantitative estimate of drug-likeness (QED) is 0.583.